The van der Waals surface area contributed by atoms with Crippen LogP contribution in [0.2, 0.25) is 0 Å². The molecule has 33 heavy (non-hydrogen) atoms. The number of benzene rings is 2. The topological polar surface area (TPSA) is 61.4 Å². The number of nitrogens with one attached hydrogen (secondary N) is 2. The SMILES string of the molecule is CCCCCCCC(=O)NCCN(C(=O)Nc1cccc(C(F)(F)F)c1)c1ccc(F)cc1. The lowest BCUT2D eigenvalue weighted by molar-refractivity contribution is -0.137. The third-order valence-corrected chi connectivity index (χ3v) is 4.99. The first-order valence-electron chi connectivity index (χ1n) is 11.0. The fourth-order valence-electron chi connectivity index (χ4n) is 3.22. The summed E-state index contributed by atoms with van der Waals surface area (Å²) in [5, 5.41) is 5.19. The Morgan fingerprint density at radius 3 is 2.33 bits per heavy atom. The number of hydrogen-bond donors (Lipinski definition) is 2. The molecule has 0 atom stereocenters. The minimum atomic E-state index is -4.54. The van der Waals surface area contributed by atoms with Gasteiger partial charge in [0.15, 0.2) is 0 Å². The number of urea groups is 1. The third kappa shape index (κ3) is 9.11. The van der Waals surface area contributed by atoms with Crippen LogP contribution in [0.5, 0.6) is 0 Å². The second kappa shape index (κ2) is 12.8. The summed E-state index contributed by atoms with van der Waals surface area (Å²) < 4.78 is 52.2. The summed E-state index contributed by atoms with van der Waals surface area (Å²) in [6, 6.07) is 8.70. The molecule has 0 heterocycles. The maximum Gasteiger partial charge on any atom is 0.416 e. The zero-order valence-electron chi connectivity index (χ0n) is 18.6. The minimum Gasteiger partial charge on any atom is -0.354 e. The van der Waals surface area contributed by atoms with Crippen LogP contribution in [-0.2, 0) is 11.0 Å². The van der Waals surface area contributed by atoms with E-state index in [4.69, 9.17) is 0 Å². The molecule has 180 valence electrons. The number of hydrogen-bond acceptors (Lipinski definition) is 2. The Bertz CT molecular complexity index is 901. The van der Waals surface area contributed by atoms with Crippen molar-refractivity contribution >= 4 is 23.3 Å². The van der Waals surface area contributed by atoms with Gasteiger partial charge in [-0.2, -0.15) is 13.2 Å². The van der Waals surface area contributed by atoms with Crippen LogP contribution in [-0.4, -0.2) is 25.0 Å². The lowest BCUT2D eigenvalue weighted by Crippen LogP contribution is -2.41. The second-order valence-corrected chi connectivity index (χ2v) is 7.65. The van der Waals surface area contributed by atoms with Crippen LogP contribution in [0.3, 0.4) is 0 Å². The molecule has 0 bridgehead atoms. The van der Waals surface area contributed by atoms with Gasteiger partial charge >= 0.3 is 12.2 Å². The number of nitrogens with zero attached hydrogens (tertiary/aromatic N) is 1. The highest BCUT2D eigenvalue weighted by Crippen LogP contribution is 2.30. The summed E-state index contributed by atoms with van der Waals surface area (Å²) in [7, 11) is 0. The van der Waals surface area contributed by atoms with Gasteiger partial charge in [-0.15, -0.1) is 0 Å². The first-order valence-corrected chi connectivity index (χ1v) is 11.0. The number of anilines is 2. The van der Waals surface area contributed by atoms with Crippen LogP contribution >= 0.6 is 0 Å². The van der Waals surface area contributed by atoms with E-state index >= 15 is 0 Å². The van der Waals surface area contributed by atoms with Gasteiger partial charge in [0.1, 0.15) is 5.82 Å². The fourth-order valence-corrected chi connectivity index (χ4v) is 3.22. The van der Waals surface area contributed by atoms with Crippen molar-refractivity contribution in [3.05, 3.63) is 59.9 Å². The van der Waals surface area contributed by atoms with Crippen molar-refractivity contribution in [3.8, 4) is 0 Å². The van der Waals surface area contributed by atoms with Gasteiger partial charge in [0, 0.05) is 30.9 Å². The number of carbonyl (C=O) groups is 2. The van der Waals surface area contributed by atoms with Crippen molar-refractivity contribution in [3.63, 3.8) is 0 Å². The average molecular weight is 468 g/mol. The van der Waals surface area contributed by atoms with Crippen molar-refractivity contribution in [2.45, 2.75) is 51.6 Å². The monoisotopic (exact) mass is 467 g/mol. The Kier molecular flexibility index (Phi) is 10.2. The largest absolute Gasteiger partial charge is 0.416 e. The predicted molar refractivity (Wildman–Crippen MR) is 121 cm³/mol. The second-order valence-electron chi connectivity index (χ2n) is 7.65. The van der Waals surface area contributed by atoms with E-state index in [9.17, 15) is 27.2 Å². The van der Waals surface area contributed by atoms with Crippen molar-refractivity contribution < 1.29 is 27.2 Å². The van der Waals surface area contributed by atoms with E-state index in [1.807, 2.05) is 0 Å². The fraction of sp³-hybridized carbons (Fsp3) is 0.417. The number of unbranched alkanes of at least 4 members (excludes halogenated alkanes) is 4. The summed E-state index contributed by atoms with van der Waals surface area (Å²) >= 11 is 0. The highest BCUT2D eigenvalue weighted by atomic mass is 19.4. The normalized spacial score (nSPS) is 11.2. The smallest absolute Gasteiger partial charge is 0.354 e. The molecule has 0 saturated carbocycles. The molecule has 2 aromatic rings. The summed E-state index contributed by atoms with van der Waals surface area (Å²) in [5.41, 5.74) is -0.576. The van der Waals surface area contributed by atoms with Gasteiger partial charge in [-0.05, 0) is 48.9 Å². The van der Waals surface area contributed by atoms with Gasteiger partial charge in [0.05, 0.1) is 5.56 Å². The average Bonchev–Trinajstić information content (AvgIpc) is 2.77. The van der Waals surface area contributed by atoms with Gasteiger partial charge in [-0.1, -0.05) is 38.7 Å². The molecule has 0 aliphatic heterocycles. The van der Waals surface area contributed by atoms with E-state index in [1.165, 1.54) is 41.3 Å². The summed E-state index contributed by atoms with van der Waals surface area (Å²) in [5.74, 6) is -0.628. The highest BCUT2D eigenvalue weighted by molar-refractivity contribution is 6.01. The molecule has 0 aliphatic rings. The molecule has 2 rings (SSSR count). The Hall–Kier alpha value is -3.10. The van der Waals surface area contributed by atoms with Crippen LogP contribution in [0.1, 0.15) is 51.0 Å². The van der Waals surface area contributed by atoms with Gasteiger partial charge in [0.25, 0.3) is 0 Å². The predicted octanol–water partition coefficient (Wildman–Crippen LogP) is 6.36. The summed E-state index contributed by atoms with van der Waals surface area (Å²) in [6.07, 6.45) is 0.932. The molecule has 0 aliphatic carbocycles. The van der Waals surface area contributed by atoms with Gasteiger partial charge < -0.3 is 10.6 Å². The molecule has 2 aromatic carbocycles. The number of halogens is 4. The molecular formula is C24H29F4N3O2. The molecular weight excluding hydrogens is 438 g/mol. The zero-order chi connectivity index (χ0) is 24.3. The molecule has 2 N–H and O–H groups in total. The third-order valence-electron chi connectivity index (χ3n) is 4.99. The Labute approximate surface area is 191 Å². The molecule has 9 heteroatoms. The van der Waals surface area contributed by atoms with Crippen LogP contribution in [0.25, 0.3) is 0 Å². The van der Waals surface area contributed by atoms with Crippen molar-refractivity contribution in [2.24, 2.45) is 0 Å². The molecule has 5 nitrogen and oxygen atoms in total. The van der Waals surface area contributed by atoms with Gasteiger partial charge in [-0.25, -0.2) is 9.18 Å². The van der Waals surface area contributed by atoms with Crippen molar-refractivity contribution in [1.82, 2.24) is 5.32 Å². The van der Waals surface area contributed by atoms with Crippen LogP contribution in [0.4, 0.5) is 33.7 Å². The van der Waals surface area contributed by atoms with Crippen LogP contribution in [0, 0.1) is 5.82 Å². The maximum atomic E-state index is 13.3. The highest BCUT2D eigenvalue weighted by Gasteiger charge is 2.30. The Balaban J connectivity index is 2.00. The van der Waals surface area contributed by atoms with Crippen molar-refractivity contribution in [1.29, 1.82) is 0 Å². The molecule has 0 spiro atoms. The lowest BCUT2D eigenvalue weighted by atomic mass is 10.1. The van der Waals surface area contributed by atoms with Crippen LogP contribution < -0.4 is 15.5 Å². The summed E-state index contributed by atoms with van der Waals surface area (Å²) in [6.45, 7) is 2.31. The van der Waals surface area contributed by atoms with E-state index in [0.29, 0.717) is 12.1 Å². The zero-order valence-corrected chi connectivity index (χ0v) is 18.6. The Morgan fingerprint density at radius 1 is 0.970 bits per heavy atom. The Morgan fingerprint density at radius 2 is 1.67 bits per heavy atom. The van der Waals surface area contributed by atoms with E-state index in [2.05, 4.69) is 17.6 Å². The molecule has 0 fully saturated rings. The summed E-state index contributed by atoms with van der Waals surface area (Å²) in [4.78, 5) is 26.1. The number of carbonyl (C=O) groups excluding carboxylic acids is 2. The minimum absolute atomic E-state index is 0.0296. The number of amides is 3. The molecule has 0 saturated heterocycles. The van der Waals surface area contributed by atoms with E-state index in [-0.39, 0.29) is 24.7 Å². The molecule has 0 unspecified atom stereocenters. The quantitative estimate of drug-likeness (QED) is 0.298. The van der Waals surface area contributed by atoms with Crippen molar-refractivity contribution in [2.75, 3.05) is 23.3 Å². The molecule has 0 radical (unpaired) electrons. The maximum absolute atomic E-state index is 13.3. The van der Waals surface area contributed by atoms with E-state index < -0.39 is 23.6 Å². The molecule has 0 aromatic heterocycles. The van der Waals surface area contributed by atoms with Crippen LogP contribution in [0.15, 0.2) is 48.5 Å². The van der Waals surface area contributed by atoms with Gasteiger partial charge in [-0.3, -0.25) is 9.69 Å². The standard InChI is InChI=1S/C24H29F4N3O2/c1-2-3-4-5-6-10-22(32)29-15-16-31(21-13-11-19(25)12-14-21)23(33)30-20-9-7-8-18(17-20)24(26,27)28/h7-9,11-14,17H,2-6,10,15-16H2,1H3,(H,29,32)(H,30,33). The molecule has 3 amide bonds. The first-order chi connectivity index (χ1) is 15.7. The number of rotatable bonds is 11. The van der Waals surface area contributed by atoms with Gasteiger partial charge in [0.2, 0.25) is 5.91 Å². The first kappa shape index (κ1) is 26.2. The number of alkyl halides is 3. The van der Waals surface area contributed by atoms with E-state index in [1.54, 1.807) is 0 Å². The van der Waals surface area contributed by atoms with E-state index in [0.717, 1.165) is 44.2 Å². The lowest BCUT2D eigenvalue weighted by Gasteiger charge is -2.24.